The van der Waals surface area contributed by atoms with Crippen LogP contribution in [-0.4, -0.2) is 31.4 Å². The van der Waals surface area contributed by atoms with E-state index >= 15 is 0 Å². The van der Waals surface area contributed by atoms with Gasteiger partial charge in [0, 0.05) is 50.0 Å². The van der Waals surface area contributed by atoms with Gasteiger partial charge in [-0.15, -0.1) is 0 Å². The number of aryl methyl sites for hydroxylation is 2. The van der Waals surface area contributed by atoms with Crippen LogP contribution in [-0.2, 0) is 9.59 Å². The highest BCUT2D eigenvalue weighted by Gasteiger charge is 2.15. The number of carbonyl (C=O) groups excluding carboxylic acids is 2. The maximum Gasteiger partial charge on any atom is 0.226 e. The molecule has 1 fully saturated rings. The molecule has 0 aromatic heterocycles. The molecule has 5 heteroatoms. The van der Waals surface area contributed by atoms with Gasteiger partial charge in [0.2, 0.25) is 11.8 Å². The van der Waals surface area contributed by atoms with Crippen molar-refractivity contribution < 1.29 is 9.59 Å². The molecule has 154 valence electrons. The van der Waals surface area contributed by atoms with Gasteiger partial charge in [0.05, 0.1) is 0 Å². The molecule has 1 aliphatic rings. The van der Waals surface area contributed by atoms with Crippen LogP contribution in [0.5, 0.6) is 0 Å². The van der Waals surface area contributed by atoms with E-state index in [0.717, 1.165) is 35.6 Å². The molecule has 0 spiro atoms. The van der Waals surface area contributed by atoms with Crippen LogP contribution in [0.4, 0.5) is 17.1 Å². The van der Waals surface area contributed by atoms with Crippen LogP contribution in [0.2, 0.25) is 0 Å². The van der Waals surface area contributed by atoms with Crippen LogP contribution >= 0.6 is 0 Å². The number of benzene rings is 2. The quantitative estimate of drug-likeness (QED) is 0.776. The van der Waals surface area contributed by atoms with E-state index in [4.69, 9.17) is 0 Å². The number of amides is 2. The van der Waals surface area contributed by atoms with E-state index in [0.29, 0.717) is 6.54 Å². The summed E-state index contributed by atoms with van der Waals surface area (Å²) >= 11 is 0. The van der Waals surface area contributed by atoms with Crippen molar-refractivity contribution in [3.63, 3.8) is 0 Å². The van der Waals surface area contributed by atoms with Crippen molar-refractivity contribution in [3.8, 4) is 0 Å². The lowest BCUT2D eigenvalue weighted by Gasteiger charge is -2.29. The maximum atomic E-state index is 12.4. The predicted molar refractivity (Wildman–Crippen MR) is 120 cm³/mol. The van der Waals surface area contributed by atoms with Crippen LogP contribution < -0.4 is 15.1 Å². The van der Waals surface area contributed by atoms with E-state index in [-0.39, 0.29) is 18.2 Å². The molecule has 2 aromatic carbocycles. The Bertz CT molecular complexity index is 835. The smallest absolute Gasteiger partial charge is 0.226 e. The lowest BCUT2D eigenvalue weighted by atomic mass is 10.1. The highest BCUT2D eigenvalue weighted by Crippen LogP contribution is 2.24. The molecule has 0 bridgehead atoms. The average molecular weight is 394 g/mol. The van der Waals surface area contributed by atoms with Crippen LogP contribution in [0.15, 0.2) is 42.5 Å². The first-order valence-electron chi connectivity index (χ1n) is 10.4. The zero-order chi connectivity index (χ0) is 20.8. The van der Waals surface area contributed by atoms with Crippen molar-refractivity contribution in [2.75, 3.05) is 34.8 Å². The number of hydrogen-bond acceptors (Lipinski definition) is 3. The molecule has 5 nitrogen and oxygen atoms in total. The van der Waals surface area contributed by atoms with Crippen molar-refractivity contribution in [2.45, 2.75) is 46.5 Å². The molecule has 2 amide bonds. The van der Waals surface area contributed by atoms with E-state index in [1.54, 1.807) is 11.8 Å². The SMILES string of the molecule is CC(=O)N(CCC(=O)Nc1cc(C)cc(C)c1)c1ccc(N2CCCCC2)cc1. The van der Waals surface area contributed by atoms with Gasteiger partial charge in [-0.25, -0.2) is 0 Å². The Hall–Kier alpha value is -2.82. The molecule has 0 saturated carbocycles. The highest BCUT2D eigenvalue weighted by molar-refractivity contribution is 5.95. The molecular formula is C24H31N3O2. The fraction of sp³-hybridized carbons (Fsp3) is 0.417. The Morgan fingerprint density at radius 2 is 1.59 bits per heavy atom. The first-order chi connectivity index (χ1) is 13.9. The van der Waals surface area contributed by atoms with Gasteiger partial charge in [-0.2, -0.15) is 0 Å². The van der Waals surface area contributed by atoms with E-state index in [1.165, 1.54) is 24.9 Å². The normalized spacial score (nSPS) is 13.8. The minimum absolute atomic E-state index is 0.0603. The van der Waals surface area contributed by atoms with Gasteiger partial charge in [0.1, 0.15) is 0 Å². The molecule has 0 aliphatic carbocycles. The van der Waals surface area contributed by atoms with Gasteiger partial charge in [-0.1, -0.05) is 6.07 Å². The Morgan fingerprint density at radius 3 is 2.17 bits per heavy atom. The zero-order valence-corrected chi connectivity index (χ0v) is 17.7. The van der Waals surface area contributed by atoms with Gasteiger partial charge >= 0.3 is 0 Å². The molecule has 1 heterocycles. The minimum atomic E-state index is -0.0915. The molecule has 1 saturated heterocycles. The van der Waals surface area contributed by atoms with E-state index < -0.39 is 0 Å². The van der Waals surface area contributed by atoms with Gasteiger partial charge in [0.25, 0.3) is 0 Å². The van der Waals surface area contributed by atoms with Crippen molar-refractivity contribution in [1.29, 1.82) is 0 Å². The number of anilines is 3. The van der Waals surface area contributed by atoms with E-state index in [9.17, 15) is 9.59 Å². The largest absolute Gasteiger partial charge is 0.372 e. The fourth-order valence-corrected chi connectivity index (χ4v) is 3.95. The second-order valence-corrected chi connectivity index (χ2v) is 7.91. The van der Waals surface area contributed by atoms with Crippen LogP contribution in [0.25, 0.3) is 0 Å². The van der Waals surface area contributed by atoms with Crippen LogP contribution in [0.3, 0.4) is 0 Å². The van der Waals surface area contributed by atoms with E-state index in [1.807, 2.05) is 38.1 Å². The Kier molecular flexibility index (Phi) is 6.91. The first-order valence-corrected chi connectivity index (χ1v) is 10.4. The average Bonchev–Trinajstić information content (AvgIpc) is 2.68. The maximum absolute atomic E-state index is 12.4. The molecular weight excluding hydrogens is 362 g/mol. The molecule has 1 N–H and O–H groups in total. The van der Waals surface area contributed by atoms with Gasteiger partial charge in [-0.3, -0.25) is 9.59 Å². The minimum Gasteiger partial charge on any atom is -0.372 e. The number of rotatable bonds is 6. The van der Waals surface area contributed by atoms with Gasteiger partial charge in [0.15, 0.2) is 0 Å². The molecule has 3 rings (SSSR count). The Morgan fingerprint density at radius 1 is 0.966 bits per heavy atom. The second kappa shape index (κ2) is 9.59. The predicted octanol–water partition coefficient (Wildman–Crippen LogP) is 4.68. The topological polar surface area (TPSA) is 52.7 Å². The van der Waals surface area contributed by atoms with Crippen molar-refractivity contribution in [2.24, 2.45) is 0 Å². The van der Waals surface area contributed by atoms with Crippen molar-refractivity contribution >= 4 is 28.9 Å². The number of nitrogens with one attached hydrogen (secondary N) is 1. The van der Waals surface area contributed by atoms with Gasteiger partial charge in [-0.05, 0) is 80.6 Å². The lowest BCUT2D eigenvalue weighted by molar-refractivity contribution is -0.117. The summed E-state index contributed by atoms with van der Waals surface area (Å²) < 4.78 is 0. The summed E-state index contributed by atoms with van der Waals surface area (Å²) in [5.41, 5.74) is 5.05. The summed E-state index contributed by atoms with van der Waals surface area (Å²) in [5.74, 6) is -0.152. The number of carbonyl (C=O) groups is 2. The molecule has 0 radical (unpaired) electrons. The zero-order valence-electron chi connectivity index (χ0n) is 17.7. The third-order valence-electron chi connectivity index (χ3n) is 5.33. The molecule has 0 atom stereocenters. The lowest BCUT2D eigenvalue weighted by Crippen LogP contribution is -2.32. The summed E-state index contributed by atoms with van der Waals surface area (Å²) in [5, 5.41) is 2.94. The highest BCUT2D eigenvalue weighted by atomic mass is 16.2. The van der Waals surface area contributed by atoms with Crippen LogP contribution in [0, 0.1) is 13.8 Å². The Labute approximate surface area is 173 Å². The standard InChI is InChI=1S/C24H31N3O2/c1-18-15-19(2)17-21(16-18)25-24(29)11-14-27(20(3)28)23-9-7-22(8-10-23)26-12-5-4-6-13-26/h7-10,15-17H,4-6,11-14H2,1-3H3,(H,25,29). The summed E-state index contributed by atoms with van der Waals surface area (Å²) in [6, 6.07) is 14.1. The van der Waals surface area contributed by atoms with E-state index in [2.05, 4.69) is 28.4 Å². The monoisotopic (exact) mass is 393 g/mol. The number of nitrogens with zero attached hydrogens (tertiary/aromatic N) is 2. The molecule has 0 unspecified atom stereocenters. The second-order valence-electron chi connectivity index (χ2n) is 7.91. The first kappa shape index (κ1) is 20.9. The van der Waals surface area contributed by atoms with Crippen molar-refractivity contribution in [3.05, 3.63) is 53.6 Å². The molecule has 29 heavy (non-hydrogen) atoms. The number of piperidine rings is 1. The fourth-order valence-electron chi connectivity index (χ4n) is 3.95. The summed E-state index contributed by atoms with van der Waals surface area (Å²) in [4.78, 5) is 28.6. The Balaban J connectivity index is 1.60. The number of hydrogen-bond donors (Lipinski definition) is 1. The van der Waals surface area contributed by atoms with Crippen molar-refractivity contribution in [1.82, 2.24) is 0 Å². The molecule has 2 aromatic rings. The third kappa shape index (κ3) is 5.83. The van der Waals surface area contributed by atoms with Crippen LogP contribution in [0.1, 0.15) is 43.7 Å². The molecule has 1 aliphatic heterocycles. The summed E-state index contributed by atoms with van der Waals surface area (Å²) in [6.45, 7) is 8.10. The summed E-state index contributed by atoms with van der Waals surface area (Å²) in [7, 11) is 0. The summed E-state index contributed by atoms with van der Waals surface area (Å²) in [6.07, 6.45) is 4.02. The van der Waals surface area contributed by atoms with Gasteiger partial charge < -0.3 is 15.1 Å². The third-order valence-corrected chi connectivity index (χ3v) is 5.33.